The molecule has 0 aliphatic rings. The molecule has 0 bridgehead atoms. The molecule has 4 aromatic carbocycles. The van der Waals surface area contributed by atoms with E-state index in [1.807, 2.05) is 0 Å². The summed E-state index contributed by atoms with van der Waals surface area (Å²) in [6.45, 7) is 2.12. The van der Waals surface area contributed by atoms with Crippen LogP contribution in [0.4, 0.5) is 0 Å². The third kappa shape index (κ3) is 7.83. The van der Waals surface area contributed by atoms with Crippen molar-refractivity contribution < 1.29 is 14.2 Å². The van der Waals surface area contributed by atoms with Gasteiger partial charge in [0.1, 0.15) is 23.2 Å². The van der Waals surface area contributed by atoms with E-state index in [4.69, 9.17) is 14.2 Å². The van der Waals surface area contributed by atoms with E-state index in [0.717, 1.165) is 28.6 Å². The Balaban J connectivity index is 1.29. The summed E-state index contributed by atoms with van der Waals surface area (Å²) in [5, 5.41) is 4.46. The Hall–Kier alpha value is -2.81. The van der Waals surface area contributed by atoms with Crippen molar-refractivity contribution in [3.05, 3.63) is 107 Å². The second kappa shape index (κ2) is 16.9. The first-order valence-electron chi connectivity index (χ1n) is 15.6. The van der Waals surface area contributed by atoms with Crippen LogP contribution in [0.1, 0.15) is 62.5 Å². The summed E-state index contributed by atoms with van der Waals surface area (Å²) < 4.78 is 17.9. The molecule has 0 saturated carbocycles. The van der Waals surface area contributed by atoms with Gasteiger partial charge in [0.2, 0.25) is 5.75 Å². The first kappa shape index (κ1) is 33.1. The molecule has 0 saturated heterocycles. The fourth-order valence-electron chi connectivity index (χ4n) is 6.29. The summed E-state index contributed by atoms with van der Waals surface area (Å²) in [7, 11) is 3.33. The van der Waals surface area contributed by atoms with Crippen LogP contribution in [0, 0.1) is 6.92 Å². The van der Waals surface area contributed by atoms with E-state index in [-0.39, 0.29) is 0 Å². The Morgan fingerprint density at radius 2 is 0.907 bits per heavy atom. The molecule has 43 heavy (non-hydrogen) atoms. The molecule has 0 aliphatic heterocycles. The highest BCUT2D eigenvalue weighted by atomic mass is 79.9. The third-order valence-electron chi connectivity index (χ3n) is 8.54. The van der Waals surface area contributed by atoms with Gasteiger partial charge in [-0.1, -0.05) is 86.7 Å². The van der Waals surface area contributed by atoms with Crippen LogP contribution in [0.3, 0.4) is 0 Å². The van der Waals surface area contributed by atoms with Gasteiger partial charge in [0.25, 0.3) is 0 Å². The normalized spacial score (nSPS) is 11.4. The molecule has 4 aromatic rings. The minimum atomic E-state index is -1.71. The molecule has 0 radical (unpaired) electrons. The van der Waals surface area contributed by atoms with E-state index >= 15 is 0 Å². The van der Waals surface area contributed by atoms with Crippen molar-refractivity contribution in [1.29, 1.82) is 0 Å². The summed E-state index contributed by atoms with van der Waals surface area (Å²) >= 11 is 3.70. The van der Waals surface area contributed by atoms with Crippen molar-refractivity contribution in [1.82, 2.24) is 0 Å². The van der Waals surface area contributed by atoms with Crippen molar-refractivity contribution in [2.45, 2.75) is 64.7 Å². The topological polar surface area (TPSA) is 27.7 Å². The molecule has 5 heteroatoms. The number of hydrogen-bond donors (Lipinski definition) is 0. The second-order valence-electron chi connectivity index (χ2n) is 11.1. The Bertz CT molecular complexity index is 1300. The molecular weight excluding hydrogens is 615 g/mol. The maximum Gasteiger partial charge on any atom is 0.204 e. The van der Waals surface area contributed by atoms with Crippen LogP contribution in [-0.2, 0) is 6.42 Å². The van der Waals surface area contributed by atoms with Crippen LogP contribution in [0.5, 0.6) is 17.2 Å². The Morgan fingerprint density at radius 3 is 1.33 bits per heavy atom. The Labute approximate surface area is 268 Å². The van der Waals surface area contributed by atoms with Gasteiger partial charge in [-0.05, 0) is 90.5 Å². The van der Waals surface area contributed by atoms with E-state index in [9.17, 15) is 0 Å². The number of methoxy groups -OCH3 is 3. The van der Waals surface area contributed by atoms with Gasteiger partial charge in [-0.3, -0.25) is 0 Å². The van der Waals surface area contributed by atoms with E-state index in [0.29, 0.717) is 11.5 Å². The van der Waals surface area contributed by atoms with Crippen molar-refractivity contribution in [3.8, 4) is 17.2 Å². The Kier molecular flexibility index (Phi) is 13.0. The highest BCUT2D eigenvalue weighted by Crippen LogP contribution is 2.56. The van der Waals surface area contributed by atoms with Crippen LogP contribution in [0.2, 0.25) is 0 Å². The predicted octanol–water partition coefficient (Wildman–Crippen LogP) is 9.44. The summed E-state index contributed by atoms with van der Waals surface area (Å²) in [5.74, 6) is 2.15. The average Bonchev–Trinajstić information content (AvgIpc) is 3.06. The number of unbranched alkanes of at least 4 members (excludes halogenated alkanes) is 7. The van der Waals surface area contributed by atoms with Gasteiger partial charge in [-0.2, -0.15) is 0 Å². The van der Waals surface area contributed by atoms with Gasteiger partial charge in [0.05, 0.1) is 32.0 Å². The zero-order chi connectivity index (χ0) is 30.5. The van der Waals surface area contributed by atoms with Gasteiger partial charge in [-0.25, -0.2) is 0 Å². The van der Waals surface area contributed by atoms with E-state index in [1.54, 1.807) is 21.3 Å². The van der Waals surface area contributed by atoms with Gasteiger partial charge in [0.15, 0.2) is 11.5 Å². The molecule has 4 rings (SSSR count). The maximum atomic E-state index is 5.76. The van der Waals surface area contributed by atoms with Gasteiger partial charge >= 0.3 is 0 Å². The minimum Gasteiger partial charge on any atom is -0.492 e. The van der Waals surface area contributed by atoms with Gasteiger partial charge in [0, 0.05) is 5.56 Å². The van der Waals surface area contributed by atoms with E-state index in [2.05, 4.69) is 114 Å². The van der Waals surface area contributed by atoms with Crippen LogP contribution < -0.4 is 30.1 Å². The maximum absolute atomic E-state index is 5.76. The number of rotatable bonds is 17. The van der Waals surface area contributed by atoms with Crippen molar-refractivity contribution in [3.63, 3.8) is 0 Å². The summed E-state index contributed by atoms with van der Waals surface area (Å²) in [5.41, 5.74) is 2.36. The number of ether oxygens (including phenoxy) is 3. The number of hydrogen-bond acceptors (Lipinski definition) is 3. The van der Waals surface area contributed by atoms with Crippen LogP contribution >= 0.6 is 23.2 Å². The molecule has 0 amide bonds. The zero-order valence-electron chi connectivity index (χ0n) is 26.3. The first-order chi connectivity index (χ1) is 21.1. The van der Waals surface area contributed by atoms with Crippen molar-refractivity contribution >= 4 is 39.1 Å². The lowest BCUT2D eigenvalue weighted by atomic mass is 9.99. The molecule has 228 valence electrons. The Morgan fingerprint density at radius 1 is 0.512 bits per heavy atom. The lowest BCUT2D eigenvalue weighted by molar-refractivity contribution is 0.320. The molecule has 0 fully saturated rings. The van der Waals surface area contributed by atoms with E-state index < -0.39 is 7.26 Å². The number of benzene rings is 4. The second-order valence-corrected chi connectivity index (χ2v) is 15.5. The van der Waals surface area contributed by atoms with Crippen LogP contribution in [-0.4, -0.2) is 27.5 Å². The highest BCUT2D eigenvalue weighted by molar-refractivity contribution is 9.10. The molecule has 0 N–H and O–H groups in total. The molecule has 0 heterocycles. The standard InChI is InChI=1S/C38H47BrO3P/c1-30-34(36(40-2)38(42-4)37(41-3)35(30)39)28-20-9-7-5-6-8-10-21-29-43(31-22-14-11-15-23-31,32-24-16-12-17-25-32)33-26-18-13-19-27-33/h11-19,22-27H,5-10,20-21,28-29H2,1-4H3/q+1. The molecule has 0 atom stereocenters. The summed E-state index contributed by atoms with van der Waals surface area (Å²) in [6.07, 6.45) is 12.2. The zero-order valence-corrected chi connectivity index (χ0v) is 28.8. The van der Waals surface area contributed by atoms with Crippen molar-refractivity contribution in [2.24, 2.45) is 0 Å². The minimum absolute atomic E-state index is 0.663. The molecular formula is C38H47BrO3P+. The molecule has 0 unspecified atom stereocenters. The van der Waals surface area contributed by atoms with Crippen LogP contribution in [0.25, 0.3) is 0 Å². The summed E-state index contributed by atoms with van der Waals surface area (Å²) in [6, 6.07) is 33.8. The SMILES string of the molecule is COc1c(Br)c(C)c(CCCCCCCCCC[P+](c2ccccc2)(c2ccccc2)c2ccccc2)c(OC)c1OC. The first-order valence-corrected chi connectivity index (χ1v) is 18.4. The number of halogens is 1. The molecule has 0 aromatic heterocycles. The van der Waals surface area contributed by atoms with Gasteiger partial charge in [-0.15, -0.1) is 0 Å². The molecule has 0 aliphatic carbocycles. The third-order valence-corrected chi connectivity index (χ3v) is 14.0. The molecule has 3 nitrogen and oxygen atoms in total. The monoisotopic (exact) mass is 661 g/mol. The summed E-state index contributed by atoms with van der Waals surface area (Å²) in [4.78, 5) is 0. The van der Waals surface area contributed by atoms with Gasteiger partial charge < -0.3 is 14.2 Å². The largest absolute Gasteiger partial charge is 0.492 e. The lowest BCUT2D eigenvalue weighted by Crippen LogP contribution is -2.33. The van der Waals surface area contributed by atoms with Crippen LogP contribution in [0.15, 0.2) is 95.5 Å². The lowest BCUT2D eigenvalue weighted by Gasteiger charge is -2.27. The highest BCUT2D eigenvalue weighted by Gasteiger charge is 2.44. The quantitative estimate of drug-likeness (QED) is 0.0833. The predicted molar refractivity (Wildman–Crippen MR) is 189 cm³/mol. The van der Waals surface area contributed by atoms with Crippen molar-refractivity contribution in [2.75, 3.05) is 27.5 Å². The smallest absolute Gasteiger partial charge is 0.204 e. The average molecular weight is 663 g/mol. The fraction of sp³-hybridized carbons (Fsp3) is 0.368. The fourth-order valence-corrected chi connectivity index (χ4v) is 11.3. The van der Waals surface area contributed by atoms with E-state index in [1.165, 1.54) is 72.6 Å². The molecule has 0 spiro atoms.